The van der Waals surface area contributed by atoms with Crippen molar-refractivity contribution in [2.75, 3.05) is 0 Å². The van der Waals surface area contributed by atoms with Crippen molar-refractivity contribution in [2.45, 2.75) is 51.8 Å². The van der Waals surface area contributed by atoms with Gasteiger partial charge in [-0.15, -0.1) is 0 Å². The van der Waals surface area contributed by atoms with E-state index in [4.69, 9.17) is 4.42 Å². The first-order valence-electron chi connectivity index (χ1n) is 6.46. The molecule has 1 saturated carbocycles. The van der Waals surface area contributed by atoms with Crippen LogP contribution in [0.2, 0.25) is 0 Å². The molecule has 0 radical (unpaired) electrons. The zero-order valence-electron chi connectivity index (χ0n) is 11.8. The van der Waals surface area contributed by atoms with E-state index in [1.54, 1.807) is 6.07 Å². The summed E-state index contributed by atoms with van der Waals surface area (Å²) in [6, 6.07) is 4.09. The predicted octanol–water partition coefficient (Wildman–Crippen LogP) is 4.26. The lowest BCUT2D eigenvalue weighted by molar-refractivity contribution is 0.251. The molecule has 108 valence electrons. The highest BCUT2D eigenvalue weighted by Gasteiger charge is 2.64. The van der Waals surface area contributed by atoms with Gasteiger partial charge in [-0.2, -0.15) is 8.78 Å². The zero-order valence-corrected chi connectivity index (χ0v) is 12.6. The normalized spacial score (nSPS) is 21.0. The second kappa shape index (κ2) is 5.09. The molecule has 0 aliphatic heterocycles. The first-order valence-corrected chi connectivity index (χ1v) is 7.51. The van der Waals surface area contributed by atoms with Crippen molar-refractivity contribution in [3.63, 3.8) is 0 Å². The van der Waals surface area contributed by atoms with Gasteiger partial charge in [-0.25, -0.2) is 0 Å². The van der Waals surface area contributed by atoms with Crippen LogP contribution in [0.1, 0.15) is 39.2 Å². The molecule has 1 fully saturated rings. The topological polar surface area (TPSA) is 25.2 Å². The smallest absolute Gasteiger partial charge is 0.284 e. The predicted molar refractivity (Wildman–Crippen MR) is 74.2 cm³/mol. The molecule has 2 nitrogen and oxygen atoms in total. The third-order valence-electron chi connectivity index (χ3n) is 4.57. The fourth-order valence-electron chi connectivity index (χ4n) is 2.65. The van der Waals surface area contributed by atoms with E-state index < -0.39 is 5.76 Å². The second-order valence-corrected chi connectivity index (χ2v) is 7.18. The monoisotopic (exact) mass is 289 g/mol. The van der Waals surface area contributed by atoms with Gasteiger partial charge in [0.05, 0.1) is 12.3 Å². The largest absolute Gasteiger partial charge is 0.464 e. The molecule has 0 bridgehead atoms. The minimum atomic E-state index is -2.35. The Hall–Kier alpha value is -0.550. The van der Waals surface area contributed by atoms with Crippen molar-refractivity contribution in [3.05, 3.63) is 23.7 Å². The van der Waals surface area contributed by atoms with Gasteiger partial charge in [-0.3, -0.25) is 0 Å². The lowest BCUT2D eigenvalue weighted by atomic mass is 10.0. The van der Waals surface area contributed by atoms with Crippen LogP contribution in [-0.4, -0.2) is 11.8 Å². The molecular formula is C14H21F2NOS. The Labute approximate surface area is 117 Å². The fraction of sp³-hybridized carbons (Fsp3) is 0.714. The quantitative estimate of drug-likeness (QED) is 0.847. The van der Waals surface area contributed by atoms with Crippen molar-refractivity contribution in [3.8, 4) is 0 Å². The molecule has 1 heterocycles. The molecule has 0 atom stereocenters. The van der Waals surface area contributed by atoms with Gasteiger partial charge in [0, 0.05) is 6.04 Å². The fourth-order valence-corrected chi connectivity index (χ4v) is 3.09. The summed E-state index contributed by atoms with van der Waals surface area (Å²) in [4.78, 5) is 0. The van der Waals surface area contributed by atoms with Gasteiger partial charge >= 0.3 is 0 Å². The molecule has 2 rings (SSSR count). The molecule has 0 unspecified atom stereocenters. The second-order valence-electron chi connectivity index (χ2n) is 6.20. The third kappa shape index (κ3) is 2.97. The lowest BCUT2D eigenvalue weighted by Crippen LogP contribution is -2.21. The molecule has 1 N–H and O–H groups in total. The molecular weight excluding hydrogens is 268 g/mol. The summed E-state index contributed by atoms with van der Waals surface area (Å²) in [7, 11) is 0. The maximum absolute atomic E-state index is 12.1. The van der Waals surface area contributed by atoms with Gasteiger partial charge in [-0.1, -0.05) is 39.5 Å². The van der Waals surface area contributed by atoms with Gasteiger partial charge < -0.3 is 9.73 Å². The molecule has 1 aliphatic rings. The molecule has 5 heteroatoms. The van der Waals surface area contributed by atoms with Crippen LogP contribution in [0.3, 0.4) is 0 Å². The third-order valence-corrected chi connectivity index (χ3v) is 5.27. The molecule has 1 aromatic heterocycles. The molecule has 0 aromatic carbocycles. The van der Waals surface area contributed by atoms with Crippen LogP contribution in [0.15, 0.2) is 16.5 Å². The van der Waals surface area contributed by atoms with Gasteiger partial charge in [-0.05, 0) is 23.0 Å². The highest BCUT2D eigenvalue weighted by molar-refractivity contribution is 7.98. The van der Waals surface area contributed by atoms with Crippen molar-refractivity contribution < 1.29 is 13.2 Å². The van der Waals surface area contributed by atoms with Gasteiger partial charge in [0.1, 0.15) is 11.5 Å². The molecule has 1 aromatic rings. The Morgan fingerprint density at radius 3 is 2.32 bits per heavy atom. The van der Waals surface area contributed by atoms with Crippen molar-refractivity contribution in [1.29, 1.82) is 0 Å². The van der Waals surface area contributed by atoms with Crippen molar-refractivity contribution in [1.82, 2.24) is 5.32 Å². The summed E-state index contributed by atoms with van der Waals surface area (Å²) >= 11 is 0.586. The van der Waals surface area contributed by atoms with Crippen LogP contribution in [0.5, 0.6) is 0 Å². The minimum Gasteiger partial charge on any atom is -0.464 e. The van der Waals surface area contributed by atoms with Crippen molar-refractivity contribution in [2.24, 2.45) is 10.8 Å². The number of thioether (sulfide) groups is 1. The number of rotatable bonds is 6. The number of hydrogen-bond acceptors (Lipinski definition) is 3. The number of halogens is 2. The van der Waals surface area contributed by atoms with E-state index in [-0.39, 0.29) is 16.6 Å². The summed E-state index contributed by atoms with van der Waals surface area (Å²) in [6.07, 6.45) is 0. The van der Waals surface area contributed by atoms with Crippen LogP contribution < -0.4 is 5.32 Å². The molecule has 0 spiro atoms. The number of nitrogens with one attached hydrogen (secondary N) is 1. The molecule has 1 aliphatic carbocycles. The Morgan fingerprint density at radius 2 is 1.79 bits per heavy atom. The Morgan fingerprint density at radius 1 is 1.21 bits per heavy atom. The van der Waals surface area contributed by atoms with Crippen LogP contribution in [0.4, 0.5) is 8.78 Å². The van der Waals surface area contributed by atoms with Crippen LogP contribution in [0.25, 0.3) is 0 Å². The van der Waals surface area contributed by atoms with E-state index >= 15 is 0 Å². The van der Waals surface area contributed by atoms with Crippen LogP contribution in [-0.2, 0) is 12.3 Å². The summed E-state index contributed by atoms with van der Waals surface area (Å²) in [5, 5.41) is 3.48. The molecule has 0 saturated heterocycles. The highest BCUT2D eigenvalue weighted by Crippen LogP contribution is 2.62. The molecule has 19 heavy (non-hydrogen) atoms. The number of furan rings is 1. The van der Waals surface area contributed by atoms with E-state index in [1.165, 1.54) is 0 Å². The Kier molecular flexibility index (Phi) is 3.98. The number of alkyl halides is 2. The average Bonchev–Trinajstić information content (AvgIpc) is 2.69. The van der Waals surface area contributed by atoms with E-state index in [1.807, 2.05) is 6.07 Å². The Balaban J connectivity index is 1.82. The van der Waals surface area contributed by atoms with E-state index in [2.05, 4.69) is 33.0 Å². The highest BCUT2D eigenvalue weighted by atomic mass is 32.2. The number of hydrogen-bond donors (Lipinski definition) is 1. The van der Waals surface area contributed by atoms with E-state index in [0.29, 0.717) is 30.1 Å². The Bertz CT molecular complexity index is 428. The summed E-state index contributed by atoms with van der Waals surface area (Å²) in [6.45, 7) is 9.64. The minimum absolute atomic E-state index is 0.220. The summed E-state index contributed by atoms with van der Waals surface area (Å²) in [5.41, 5.74) is 0.571. The maximum Gasteiger partial charge on any atom is 0.284 e. The first-order chi connectivity index (χ1) is 8.75. The zero-order chi connectivity index (χ0) is 14.3. The van der Waals surface area contributed by atoms with E-state index in [0.717, 1.165) is 5.76 Å². The van der Waals surface area contributed by atoms with Gasteiger partial charge in [0.2, 0.25) is 0 Å². The van der Waals surface area contributed by atoms with E-state index in [9.17, 15) is 8.78 Å². The summed E-state index contributed by atoms with van der Waals surface area (Å²) < 4.78 is 29.7. The van der Waals surface area contributed by atoms with Gasteiger partial charge in [0.25, 0.3) is 5.76 Å². The maximum atomic E-state index is 12.1. The molecule has 0 amide bonds. The lowest BCUT2D eigenvalue weighted by Gasteiger charge is -2.04. The van der Waals surface area contributed by atoms with Gasteiger partial charge in [0.15, 0.2) is 0 Å². The first kappa shape index (κ1) is 14.9. The average molecular weight is 289 g/mol. The van der Waals surface area contributed by atoms with Crippen LogP contribution in [0, 0.1) is 10.8 Å². The SMILES string of the molecule is CC1(C)C(NCc2ccc(CSC(F)F)o2)C1(C)C. The van der Waals surface area contributed by atoms with Crippen molar-refractivity contribution >= 4 is 11.8 Å². The summed E-state index contributed by atoms with van der Waals surface area (Å²) in [5.74, 6) is -0.711. The standard InChI is InChI=1S/C14H21F2NOS/c1-13(2)11(14(13,3)4)17-7-9-5-6-10(18-9)8-19-12(15)16/h5-6,11-12,17H,7-8H2,1-4H3. The van der Waals surface area contributed by atoms with Crippen LogP contribution >= 0.6 is 11.8 Å².